The van der Waals surface area contributed by atoms with Gasteiger partial charge in [-0.2, -0.15) is 9.78 Å². The van der Waals surface area contributed by atoms with E-state index in [-0.39, 0.29) is 29.5 Å². The van der Waals surface area contributed by atoms with Gasteiger partial charge in [0.2, 0.25) is 5.88 Å². The monoisotopic (exact) mass is 683 g/mol. The summed E-state index contributed by atoms with van der Waals surface area (Å²) in [5, 5.41) is 5.11. The highest BCUT2D eigenvalue weighted by atomic mass is 35.5. The van der Waals surface area contributed by atoms with Crippen molar-refractivity contribution in [2.75, 3.05) is 34.3 Å². The van der Waals surface area contributed by atoms with Crippen LogP contribution in [0.1, 0.15) is 88.8 Å². The highest BCUT2D eigenvalue weighted by Gasteiger charge is 2.31. The molecule has 0 fully saturated rings. The zero-order valence-electron chi connectivity index (χ0n) is 29.3. The Morgan fingerprint density at radius 3 is 2.14 bits per heavy atom. The first kappa shape index (κ1) is 35.7. The molecule has 10 heteroatoms. The molecule has 49 heavy (non-hydrogen) atoms. The summed E-state index contributed by atoms with van der Waals surface area (Å²) in [7, 11) is 4.89. The van der Waals surface area contributed by atoms with Gasteiger partial charge < -0.3 is 19.4 Å². The van der Waals surface area contributed by atoms with Crippen LogP contribution in [0.15, 0.2) is 66.7 Å². The van der Waals surface area contributed by atoms with Gasteiger partial charge in [-0.3, -0.25) is 14.4 Å². The molecule has 5 rings (SSSR count). The molecule has 1 unspecified atom stereocenters. The minimum Gasteiger partial charge on any atom is -0.481 e. The normalized spacial score (nSPS) is 13.9. The van der Waals surface area contributed by atoms with Crippen LogP contribution in [-0.2, 0) is 13.0 Å². The lowest BCUT2D eigenvalue weighted by Crippen LogP contribution is -2.43. The van der Waals surface area contributed by atoms with Crippen molar-refractivity contribution in [2.24, 2.45) is 0 Å². The fourth-order valence-electron chi connectivity index (χ4n) is 6.25. The number of fused-ring (bicyclic) bond motifs is 1. The van der Waals surface area contributed by atoms with E-state index in [1.165, 1.54) is 17.6 Å². The summed E-state index contributed by atoms with van der Waals surface area (Å²) in [6.07, 6.45) is 4.49. The van der Waals surface area contributed by atoms with E-state index in [4.69, 9.17) is 21.4 Å². The van der Waals surface area contributed by atoms with Crippen molar-refractivity contribution in [2.45, 2.75) is 65.5 Å². The van der Waals surface area contributed by atoms with E-state index in [1.54, 1.807) is 37.0 Å². The first-order valence-corrected chi connectivity index (χ1v) is 17.4. The van der Waals surface area contributed by atoms with Crippen LogP contribution < -0.4 is 4.74 Å². The fourth-order valence-corrected chi connectivity index (χ4v) is 6.45. The maximum Gasteiger partial charge on any atom is 0.274 e. The van der Waals surface area contributed by atoms with E-state index in [1.807, 2.05) is 46.2 Å². The molecule has 1 atom stereocenters. The third kappa shape index (κ3) is 7.67. The molecule has 3 amide bonds. The molecule has 0 saturated carbocycles. The van der Waals surface area contributed by atoms with Crippen LogP contribution in [0.2, 0.25) is 5.02 Å². The van der Waals surface area contributed by atoms with E-state index < -0.39 is 0 Å². The van der Waals surface area contributed by atoms with Crippen molar-refractivity contribution in [3.8, 4) is 22.7 Å². The summed E-state index contributed by atoms with van der Waals surface area (Å²) < 4.78 is 7.31. The number of methoxy groups -OCH3 is 1. The first-order valence-electron chi connectivity index (χ1n) is 17.0. The lowest BCUT2D eigenvalue weighted by atomic mass is 9.93. The van der Waals surface area contributed by atoms with E-state index in [0.29, 0.717) is 47.4 Å². The Labute approximate surface area is 294 Å². The van der Waals surface area contributed by atoms with Gasteiger partial charge in [-0.25, -0.2) is 0 Å². The lowest BCUT2D eigenvalue weighted by Gasteiger charge is -2.35. The summed E-state index contributed by atoms with van der Waals surface area (Å²) in [5.74, 6) is -0.205. The molecular formula is C39H46ClN5O4. The number of carbonyl (C=O) groups excluding carboxylic acids is 3. The largest absolute Gasteiger partial charge is 0.481 e. The molecular weight excluding hydrogens is 638 g/mol. The SMILES string of the molecule is CCCCN(CCCC)C(=O)c1cc(OC)n(-c2ccc(-c3ccc(Cl)c(C(=O)N(C)C)c3)cc2C(=O)N2Cc3ccccc3CC2C)n1. The van der Waals surface area contributed by atoms with Crippen molar-refractivity contribution in [3.05, 3.63) is 99.7 Å². The van der Waals surface area contributed by atoms with Gasteiger partial charge in [-0.15, -0.1) is 0 Å². The summed E-state index contributed by atoms with van der Waals surface area (Å²) in [4.78, 5) is 46.6. The number of aromatic nitrogens is 2. The van der Waals surface area contributed by atoms with Crippen LogP contribution in [-0.4, -0.2) is 82.5 Å². The van der Waals surface area contributed by atoms with Gasteiger partial charge in [-0.05, 0) is 72.7 Å². The number of rotatable bonds is 12. The zero-order valence-corrected chi connectivity index (χ0v) is 30.1. The maximum atomic E-state index is 14.7. The first-order chi connectivity index (χ1) is 23.6. The molecule has 0 N–H and O–H groups in total. The predicted molar refractivity (Wildman–Crippen MR) is 194 cm³/mol. The van der Waals surface area contributed by atoms with E-state index in [0.717, 1.165) is 48.8 Å². The molecule has 0 spiro atoms. The predicted octanol–water partition coefficient (Wildman–Crippen LogP) is 7.53. The van der Waals surface area contributed by atoms with Crippen LogP contribution >= 0.6 is 11.6 Å². The van der Waals surface area contributed by atoms with Crippen LogP contribution in [0, 0.1) is 0 Å². The highest BCUT2D eigenvalue weighted by molar-refractivity contribution is 6.34. The van der Waals surface area contributed by atoms with Gasteiger partial charge in [0.25, 0.3) is 17.7 Å². The van der Waals surface area contributed by atoms with E-state index in [2.05, 4.69) is 32.9 Å². The molecule has 2 heterocycles. The number of halogens is 1. The van der Waals surface area contributed by atoms with Crippen LogP contribution in [0.3, 0.4) is 0 Å². The number of hydrogen-bond donors (Lipinski definition) is 0. The molecule has 1 aromatic heterocycles. The summed E-state index contributed by atoms with van der Waals surface area (Å²) in [6, 6.07) is 20.6. The molecule has 4 aromatic rings. The average molecular weight is 684 g/mol. The number of amides is 3. The fraction of sp³-hybridized carbons (Fsp3) is 0.385. The molecule has 9 nitrogen and oxygen atoms in total. The number of ether oxygens (including phenoxy) is 1. The third-order valence-electron chi connectivity index (χ3n) is 9.11. The van der Waals surface area contributed by atoms with Gasteiger partial charge in [0, 0.05) is 45.8 Å². The number of benzene rings is 3. The summed E-state index contributed by atoms with van der Waals surface area (Å²) in [6.45, 7) is 8.03. The van der Waals surface area contributed by atoms with Crippen molar-refractivity contribution in [1.29, 1.82) is 0 Å². The molecule has 0 saturated heterocycles. The molecule has 0 aliphatic carbocycles. The molecule has 1 aliphatic heterocycles. The maximum absolute atomic E-state index is 14.7. The summed E-state index contributed by atoms with van der Waals surface area (Å²) >= 11 is 6.44. The van der Waals surface area contributed by atoms with Crippen LogP contribution in [0.4, 0.5) is 0 Å². The van der Waals surface area contributed by atoms with Crippen molar-refractivity contribution in [1.82, 2.24) is 24.5 Å². The number of hydrogen-bond acceptors (Lipinski definition) is 5. The quantitative estimate of drug-likeness (QED) is 0.154. The highest BCUT2D eigenvalue weighted by Crippen LogP contribution is 2.33. The minimum atomic E-state index is -0.217. The molecule has 258 valence electrons. The van der Waals surface area contributed by atoms with E-state index in [9.17, 15) is 14.4 Å². The Balaban J connectivity index is 1.63. The Morgan fingerprint density at radius 1 is 0.878 bits per heavy atom. The number of unbranched alkanes of at least 4 members (excludes halogenated alkanes) is 2. The van der Waals surface area contributed by atoms with Crippen LogP contribution in [0.5, 0.6) is 5.88 Å². The Morgan fingerprint density at radius 2 is 1.51 bits per heavy atom. The topological polar surface area (TPSA) is 88.0 Å². The summed E-state index contributed by atoms with van der Waals surface area (Å²) in [5.41, 5.74) is 5.33. The smallest absolute Gasteiger partial charge is 0.274 e. The molecule has 1 aliphatic rings. The van der Waals surface area contributed by atoms with Crippen molar-refractivity contribution >= 4 is 29.3 Å². The lowest BCUT2D eigenvalue weighted by molar-refractivity contribution is 0.0657. The Hall–Kier alpha value is -4.63. The standard InChI is InChI=1S/C39H46ClN5O4/c1-7-9-19-43(20-10-8-2)39(48)34-24-36(49-6)45(41-34)35-18-16-29(28-15-17-33(40)31(22-28)37(46)42(4)5)23-32(35)38(47)44-25-30-14-12-11-13-27(30)21-26(44)3/h11-18,22-24,26H,7-10,19-21,25H2,1-6H3. The third-order valence-corrected chi connectivity index (χ3v) is 9.44. The molecule has 3 aromatic carbocycles. The van der Waals surface area contributed by atoms with Crippen molar-refractivity contribution in [3.63, 3.8) is 0 Å². The second-order valence-corrected chi connectivity index (χ2v) is 13.3. The Kier molecular flexibility index (Phi) is 11.4. The van der Waals surface area contributed by atoms with Gasteiger partial charge in [0.15, 0.2) is 5.69 Å². The van der Waals surface area contributed by atoms with Gasteiger partial charge in [-0.1, -0.05) is 74.7 Å². The Bertz CT molecular complexity index is 1830. The van der Waals surface area contributed by atoms with Crippen molar-refractivity contribution < 1.29 is 19.1 Å². The number of nitrogens with zero attached hydrogens (tertiary/aromatic N) is 5. The second kappa shape index (κ2) is 15.7. The van der Waals surface area contributed by atoms with Gasteiger partial charge >= 0.3 is 0 Å². The van der Waals surface area contributed by atoms with Crippen LogP contribution in [0.25, 0.3) is 16.8 Å². The molecule has 0 radical (unpaired) electrons. The van der Waals surface area contributed by atoms with E-state index >= 15 is 0 Å². The zero-order chi connectivity index (χ0) is 35.2. The van der Waals surface area contributed by atoms with Gasteiger partial charge in [0.05, 0.1) is 28.9 Å². The minimum absolute atomic E-state index is 0.0545. The van der Waals surface area contributed by atoms with Gasteiger partial charge in [0.1, 0.15) is 0 Å². The molecule has 0 bridgehead atoms. The number of carbonyl (C=O) groups is 3. The average Bonchev–Trinajstić information content (AvgIpc) is 3.55. The second-order valence-electron chi connectivity index (χ2n) is 12.9.